The molecule has 34 heavy (non-hydrogen) atoms. The fraction of sp³-hybridized carbons (Fsp3) is 0.200. The highest BCUT2D eigenvalue weighted by Gasteiger charge is 2.24. The summed E-state index contributed by atoms with van der Waals surface area (Å²) in [6.07, 6.45) is 0.781. The van der Waals surface area contributed by atoms with E-state index in [4.69, 9.17) is 0 Å². The summed E-state index contributed by atoms with van der Waals surface area (Å²) < 4.78 is 2.02. The maximum atomic E-state index is 13.8. The van der Waals surface area contributed by atoms with Crippen LogP contribution in [0.5, 0.6) is 0 Å². The Bertz CT molecular complexity index is 1450. The first kappa shape index (κ1) is 23.2. The second kappa shape index (κ2) is 9.52. The summed E-state index contributed by atoms with van der Waals surface area (Å²) in [4.78, 5) is 27.2. The van der Waals surface area contributed by atoms with E-state index < -0.39 is 5.91 Å². The van der Waals surface area contributed by atoms with Gasteiger partial charge in [0.25, 0.3) is 5.91 Å². The summed E-state index contributed by atoms with van der Waals surface area (Å²) in [6, 6.07) is 23.5. The average molecular weight is 451 g/mol. The second-order valence-corrected chi connectivity index (χ2v) is 8.78. The molecule has 3 aromatic carbocycles. The molecule has 1 N–H and O–H groups in total. The zero-order valence-corrected chi connectivity index (χ0v) is 20.4. The van der Waals surface area contributed by atoms with Crippen molar-refractivity contribution in [3.63, 3.8) is 0 Å². The van der Waals surface area contributed by atoms with E-state index in [1.54, 1.807) is 6.07 Å². The molecule has 172 valence electrons. The largest absolute Gasteiger partial charge is 0.321 e. The molecule has 1 heterocycles. The minimum atomic E-state index is -0.395. The highest BCUT2D eigenvalue weighted by Crippen LogP contribution is 2.31. The molecule has 0 fully saturated rings. The van der Waals surface area contributed by atoms with Gasteiger partial charge in [0, 0.05) is 28.7 Å². The lowest BCUT2D eigenvalue weighted by Crippen LogP contribution is -2.27. The molecule has 4 rings (SSSR count). The van der Waals surface area contributed by atoms with Gasteiger partial charge in [-0.05, 0) is 68.5 Å². The molecule has 0 aliphatic carbocycles. The van der Waals surface area contributed by atoms with Gasteiger partial charge in [0.15, 0.2) is 5.43 Å². The summed E-state index contributed by atoms with van der Waals surface area (Å²) in [6.45, 7) is 9.97. The molecule has 0 spiro atoms. The highest BCUT2D eigenvalue weighted by molar-refractivity contribution is 6.09. The first-order valence-corrected chi connectivity index (χ1v) is 11.6. The minimum Gasteiger partial charge on any atom is -0.321 e. The zero-order chi connectivity index (χ0) is 24.4. The third kappa shape index (κ3) is 4.32. The standard InChI is InChI=1S/C30H30N2O2/c1-6-23-14-10-13-21(4)28(23)31-30(34)27-26(33)18-22(5)32(24-15-9-11-19(2)17-24)29(27)25-16-8-7-12-20(25)3/h7-18H,6H2,1-5H3,(H,31,34). The summed E-state index contributed by atoms with van der Waals surface area (Å²) in [5.41, 5.74) is 7.88. The Balaban J connectivity index is 2.02. The van der Waals surface area contributed by atoms with Crippen LogP contribution in [0.4, 0.5) is 5.69 Å². The number of aryl methyl sites for hydroxylation is 5. The molecule has 0 bridgehead atoms. The molecule has 0 saturated heterocycles. The zero-order valence-electron chi connectivity index (χ0n) is 20.4. The van der Waals surface area contributed by atoms with Crippen LogP contribution in [0.1, 0.15) is 45.2 Å². The van der Waals surface area contributed by atoms with E-state index in [9.17, 15) is 9.59 Å². The quantitative estimate of drug-likeness (QED) is 0.375. The van der Waals surface area contributed by atoms with Crippen molar-refractivity contribution >= 4 is 11.6 Å². The number of para-hydroxylation sites is 1. The number of aromatic nitrogens is 1. The second-order valence-electron chi connectivity index (χ2n) is 8.78. The number of amides is 1. The third-order valence-corrected chi connectivity index (χ3v) is 6.27. The number of hydrogen-bond acceptors (Lipinski definition) is 2. The first-order valence-electron chi connectivity index (χ1n) is 11.6. The van der Waals surface area contributed by atoms with E-state index in [0.717, 1.165) is 51.3 Å². The Kier molecular flexibility index (Phi) is 6.51. The Morgan fingerprint density at radius 1 is 0.853 bits per heavy atom. The van der Waals surface area contributed by atoms with E-state index in [2.05, 4.69) is 18.3 Å². The van der Waals surface area contributed by atoms with Crippen LogP contribution in [-0.4, -0.2) is 10.5 Å². The van der Waals surface area contributed by atoms with E-state index in [1.165, 1.54) is 0 Å². The molecule has 4 nitrogen and oxygen atoms in total. The summed E-state index contributed by atoms with van der Waals surface area (Å²) in [5, 5.41) is 3.07. The van der Waals surface area contributed by atoms with Crippen LogP contribution in [0.2, 0.25) is 0 Å². The normalized spacial score (nSPS) is 10.9. The van der Waals surface area contributed by atoms with Gasteiger partial charge in [-0.15, -0.1) is 0 Å². The molecular weight excluding hydrogens is 420 g/mol. The molecule has 1 amide bonds. The Hall–Kier alpha value is -3.92. The average Bonchev–Trinajstić information content (AvgIpc) is 2.80. The SMILES string of the molecule is CCc1cccc(C)c1NC(=O)c1c(-c2ccccc2C)n(-c2cccc(C)c2)c(C)cc1=O. The number of hydrogen-bond donors (Lipinski definition) is 1. The topological polar surface area (TPSA) is 51.1 Å². The third-order valence-electron chi connectivity index (χ3n) is 6.27. The monoisotopic (exact) mass is 450 g/mol. The maximum Gasteiger partial charge on any atom is 0.261 e. The van der Waals surface area contributed by atoms with Gasteiger partial charge in [-0.25, -0.2) is 0 Å². The number of rotatable bonds is 5. The fourth-order valence-corrected chi connectivity index (χ4v) is 4.52. The van der Waals surface area contributed by atoms with Crippen molar-refractivity contribution in [3.05, 3.63) is 117 Å². The van der Waals surface area contributed by atoms with Crippen molar-refractivity contribution in [2.75, 3.05) is 5.32 Å². The van der Waals surface area contributed by atoms with E-state index >= 15 is 0 Å². The molecule has 0 saturated carbocycles. The van der Waals surface area contributed by atoms with Crippen molar-refractivity contribution in [1.29, 1.82) is 0 Å². The van der Waals surface area contributed by atoms with Gasteiger partial charge in [0.05, 0.1) is 5.69 Å². The van der Waals surface area contributed by atoms with Crippen molar-refractivity contribution < 1.29 is 4.79 Å². The number of anilines is 1. The van der Waals surface area contributed by atoms with Gasteiger partial charge in [0.1, 0.15) is 5.56 Å². The first-order chi connectivity index (χ1) is 16.3. The Morgan fingerprint density at radius 3 is 2.26 bits per heavy atom. The van der Waals surface area contributed by atoms with Gasteiger partial charge in [-0.2, -0.15) is 0 Å². The number of carbonyl (C=O) groups excluding carboxylic acids is 1. The Morgan fingerprint density at radius 2 is 1.56 bits per heavy atom. The highest BCUT2D eigenvalue weighted by atomic mass is 16.2. The molecular formula is C30H30N2O2. The summed E-state index contributed by atoms with van der Waals surface area (Å²) in [5.74, 6) is -0.395. The molecule has 0 atom stereocenters. The van der Waals surface area contributed by atoms with Gasteiger partial charge in [-0.3, -0.25) is 9.59 Å². The predicted octanol–water partition coefficient (Wildman–Crippen LogP) is 6.55. The van der Waals surface area contributed by atoms with Crippen LogP contribution < -0.4 is 10.7 Å². The van der Waals surface area contributed by atoms with Crippen molar-refractivity contribution in [2.45, 2.75) is 41.0 Å². The summed E-state index contributed by atoms with van der Waals surface area (Å²) >= 11 is 0. The lowest BCUT2D eigenvalue weighted by molar-refractivity contribution is 0.102. The molecule has 1 aromatic heterocycles. The number of benzene rings is 3. The lowest BCUT2D eigenvalue weighted by Gasteiger charge is -2.22. The molecule has 0 aliphatic heterocycles. The van der Waals surface area contributed by atoms with E-state index in [-0.39, 0.29) is 11.0 Å². The van der Waals surface area contributed by atoms with Crippen molar-refractivity contribution in [2.24, 2.45) is 0 Å². The van der Waals surface area contributed by atoms with Crippen LogP contribution in [0, 0.1) is 27.7 Å². The number of carbonyl (C=O) groups is 1. The van der Waals surface area contributed by atoms with Gasteiger partial charge in [-0.1, -0.05) is 61.5 Å². The molecule has 0 unspecified atom stereocenters. The Labute approximate surface area is 200 Å². The van der Waals surface area contributed by atoms with Gasteiger partial charge < -0.3 is 9.88 Å². The number of nitrogens with zero attached hydrogens (tertiary/aromatic N) is 1. The van der Waals surface area contributed by atoms with Crippen LogP contribution in [-0.2, 0) is 6.42 Å². The van der Waals surface area contributed by atoms with Gasteiger partial charge >= 0.3 is 0 Å². The van der Waals surface area contributed by atoms with Crippen LogP contribution >= 0.6 is 0 Å². The molecule has 0 aliphatic rings. The molecule has 4 heteroatoms. The molecule has 4 aromatic rings. The van der Waals surface area contributed by atoms with Crippen LogP contribution in [0.15, 0.2) is 77.6 Å². The number of pyridine rings is 1. The van der Waals surface area contributed by atoms with E-state index in [0.29, 0.717) is 5.69 Å². The van der Waals surface area contributed by atoms with Crippen molar-refractivity contribution in [3.8, 4) is 16.9 Å². The minimum absolute atomic E-state index is 0.145. The summed E-state index contributed by atoms with van der Waals surface area (Å²) in [7, 11) is 0. The van der Waals surface area contributed by atoms with Crippen molar-refractivity contribution in [1.82, 2.24) is 4.57 Å². The maximum absolute atomic E-state index is 13.8. The lowest BCUT2D eigenvalue weighted by atomic mass is 9.98. The van der Waals surface area contributed by atoms with Crippen LogP contribution in [0.25, 0.3) is 16.9 Å². The smallest absolute Gasteiger partial charge is 0.261 e. The fourth-order valence-electron chi connectivity index (χ4n) is 4.52. The van der Waals surface area contributed by atoms with E-state index in [1.807, 2.05) is 92.9 Å². The molecule has 0 radical (unpaired) electrons. The van der Waals surface area contributed by atoms with Crippen LogP contribution in [0.3, 0.4) is 0 Å². The number of nitrogens with one attached hydrogen (secondary N) is 1. The predicted molar refractivity (Wildman–Crippen MR) is 140 cm³/mol. The van der Waals surface area contributed by atoms with Gasteiger partial charge in [0.2, 0.25) is 0 Å².